The van der Waals surface area contributed by atoms with Crippen LogP contribution in [0.3, 0.4) is 0 Å². The van der Waals surface area contributed by atoms with E-state index in [4.69, 9.17) is 4.74 Å². The van der Waals surface area contributed by atoms with E-state index in [9.17, 15) is 21.9 Å². The molecule has 1 aliphatic rings. The number of benzene rings is 1. The van der Waals surface area contributed by atoms with Gasteiger partial charge in [0.25, 0.3) is 5.91 Å². The summed E-state index contributed by atoms with van der Waals surface area (Å²) in [4.78, 5) is 22.4. The maximum atomic E-state index is 12.4. The minimum atomic E-state index is -5.12. The molecular formula is C11H10FNO6S. The van der Waals surface area contributed by atoms with Crippen molar-refractivity contribution < 1.29 is 30.8 Å². The van der Waals surface area contributed by atoms with E-state index in [0.717, 1.165) is 6.07 Å². The second-order valence-electron chi connectivity index (χ2n) is 4.01. The zero-order chi connectivity index (χ0) is 14.8. The number of hydrogen-bond acceptors (Lipinski definition) is 6. The molecule has 1 aliphatic heterocycles. The van der Waals surface area contributed by atoms with Crippen LogP contribution in [-0.2, 0) is 20.1 Å². The quantitative estimate of drug-likeness (QED) is 0.641. The van der Waals surface area contributed by atoms with Crippen molar-refractivity contribution in [1.29, 1.82) is 0 Å². The molecule has 1 N–H and O–H groups in total. The van der Waals surface area contributed by atoms with E-state index in [1.807, 2.05) is 0 Å². The number of amides is 2. The van der Waals surface area contributed by atoms with Crippen LogP contribution in [0.4, 0.5) is 3.89 Å². The van der Waals surface area contributed by atoms with E-state index in [0.29, 0.717) is 0 Å². The van der Waals surface area contributed by atoms with Crippen molar-refractivity contribution in [2.75, 3.05) is 0 Å². The summed E-state index contributed by atoms with van der Waals surface area (Å²) in [6.45, 7) is 0. The van der Waals surface area contributed by atoms with Gasteiger partial charge in [-0.3, -0.25) is 14.9 Å². The molecule has 2 amide bonds. The first-order valence-corrected chi connectivity index (χ1v) is 6.89. The van der Waals surface area contributed by atoms with Crippen LogP contribution >= 0.6 is 0 Å². The standard InChI is InChI=1S/C11H10FNO6S/c12-20(16,17)19-8-3-1-2-7(6-8)18-9-4-5-10(14)13-11(9)15/h1-3,6,9H,4-5H2,(H,13,14,15). The predicted octanol–water partition coefficient (Wildman–Crippen LogP) is 0.464. The molecule has 2 rings (SSSR count). The molecule has 1 aromatic rings. The molecule has 0 bridgehead atoms. The van der Waals surface area contributed by atoms with E-state index in [1.165, 1.54) is 18.2 Å². The number of hydrogen-bond donors (Lipinski definition) is 1. The Balaban J connectivity index is 2.08. The first-order valence-electron chi connectivity index (χ1n) is 5.58. The van der Waals surface area contributed by atoms with Gasteiger partial charge in [-0.15, -0.1) is 0 Å². The third-order valence-corrected chi connectivity index (χ3v) is 2.86. The number of rotatable bonds is 4. The van der Waals surface area contributed by atoms with E-state index < -0.39 is 22.5 Å². The molecule has 0 aromatic heterocycles. The van der Waals surface area contributed by atoms with Crippen LogP contribution in [0.2, 0.25) is 0 Å². The van der Waals surface area contributed by atoms with Crippen molar-refractivity contribution in [3.8, 4) is 11.5 Å². The Morgan fingerprint density at radius 3 is 2.60 bits per heavy atom. The Morgan fingerprint density at radius 2 is 1.95 bits per heavy atom. The molecule has 1 aromatic carbocycles. The summed E-state index contributed by atoms with van der Waals surface area (Å²) in [7, 11) is -5.12. The molecule has 108 valence electrons. The maximum absolute atomic E-state index is 12.4. The van der Waals surface area contributed by atoms with Crippen LogP contribution < -0.4 is 14.2 Å². The number of carbonyl (C=O) groups is 2. The number of imide groups is 1. The summed E-state index contributed by atoms with van der Waals surface area (Å²) in [6, 6.07) is 5.17. The number of ether oxygens (including phenoxy) is 1. The lowest BCUT2D eigenvalue weighted by Crippen LogP contribution is -2.46. The third kappa shape index (κ3) is 3.92. The van der Waals surface area contributed by atoms with Crippen molar-refractivity contribution in [2.24, 2.45) is 0 Å². The van der Waals surface area contributed by atoms with Crippen molar-refractivity contribution >= 4 is 22.3 Å². The second kappa shape index (κ2) is 5.45. The summed E-state index contributed by atoms with van der Waals surface area (Å²) in [5.41, 5.74) is 0. The number of piperidine rings is 1. The van der Waals surface area contributed by atoms with Crippen molar-refractivity contribution in [1.82, 2.24) is 5.32 Å². The van der Waals surface area contributed by atoms with Crippen LogP contribution in [0.15, 0.2) is 24.3 Å². The molecule has 0 radical (unpaired) electrons. The van der Waals surface area contributed by atoms with Gasteiger partial charge in [0.15, 0.2) is 6.10 Å². The smallest absolute Gasteiger partial charge is 0.480 e. The average molecular weight is 303 g/mol. The Labute approximate surface area is 114 Å². The molecule has 1 fully saturated rings. The van der Waals surface area contributed by atoms with E-state index in [2.05, 4.69) is 9.50 Å². The largest absolute Gasteiger partial charge is 0.488 e. The zero-order valence-electron chi connectivity index (χ0n) is 10.0. The Kier molecular flexibility index (Phi) is 3.89. The minimum absolute atomic E-state index is 0.126. The van der Waals surface area contributed by atoms with E-state index in [-0.39, 0.29) is 30.2 Å². The van der Waals surface area contributed by atoms with Gasteiger partial charge in [-0.1, -0.05) is 9.95 Å². The van der Waals surface area contributed by atoms with Crippen LogP contribution in [0.1, 0.15) is 12.8 Å². The Bertz CT molecular complexity index is 644. The normalized spacial score (nSPS) is 19.4. The topological polar surface area (TPSA) is 98.8 Å². The van der Waals surface area contributed by atoms with Gasteiger partial charge in [-0.2, -0.15) is 8.42 Å². The lowest BCUT2D eigenvalue weighted by atomic mass is 10.1. The molecule has 7 nitrogen and oxygen atoms in total. The fraction of sp³-hybridized carbons (Fsp3) is 0.273. The molecule has 1 saturated heterocycles. The van der Waals surface area contributed by atoms with Crippen molar-refractivity contribution in [3.63, 3.8) is 0 Å². The highest BCUT2D eigenvalue weighted by molar-refractivity contribution is 7.81. The highest BCUT2D eigenvalue weighted by Gasteiger charge is 2.28. The number of halogens is 1. The monoisotopic (exact) mass is 303 g/mol. The molecule has 0 saturated carbocycles. The van der Waals surface area contributed by atoms with Crippen LogP contribution in [0, 0.1) is 0 Å². The molecule has 20 heavy (non-hydrogen) atoms. The SMILES string of the molecule is O=C1CCC(Oc2cccc(OS(=O)(=O)F)c2)C(=O)N1. The van der Waals surface area contributed by atoms with Gasteiger partial charge >= 0.3 is 10.5 Å². The summed E-state index contributed by atoms with van der Waals surface area (Å²) >= 11 is 0. The first kappa shape index (κ1) is 14.3. The van der Waals surface area contributed by atoms with Gasteiger partial charge in [0.05, 0.1) is 0 Å². The van der Waals surface area contributed by atoms with Crippen LogP contribution in [0.5, 0.6) is 11.5 Å². The van der Waals surface area contributed by atoms with Gasteiger partial charge in [0, 0.05) is 18.9 Å². The summed E-state index contributed by atoms with van der Waals surface area (Å²) in [5.74, 6) is -1.11. The first-order chi connectivity index (χ1) is 9.33. The van der Waals surface area contributed by atoms with Crippen LogP contribution in [0.25, 0.3) is 0 Å². The summed E-state index contributed by atoms with van der Waals surface area (Å²) in [5, 5.41) is 2.11. The molecule has 0 aliphatic carbocycles. The second-order valence-corrected chi connectivity index (χ2v) is 4.96. The molecule has 0 spiro atoms. The summed E-state index contributed by atoms with van der Waals surface area (Å²) < 4.78 is 42.5. The summed E-state index contributed by atoms with van der Waals surface area (Å²) in [6.07, 6.45) is -0.521. The zero-order valence-corrected chi connectivity index (χ0v) is 10.9. The predicted molar refractivity (Wildman–Crippen MR) is 63.9 cm³/mol. The average Bonchev–Trinajstić information content (AvgIpc) is 2.31. The fourth-order valence-corrected chi connectivity index (χ4v) is 2.00. The van der Waals surface area contributed by atoms with Crippen LogP contribution in [-0.4, -0.2) is 26.3 Å². The maximum Gasteiger partial charge on any atom is 0.488 e. The van der Waals surface area contributed by atoms with Gasteiger partial charge in [-0.25, -0.2) is 0 Å². The van der Waals surface area contributed by atoms with Gasteiger partial charge in [0.2, 0.25) is 5.91 Å². The number of nitrogens with one attached hydrogen (secondary N) is 1. The van der Waals surface area contributed by atoms with Gasteiger partial charge in [-0.05, 0) is 12.1 Å². The van der Waals surface area contributed by atoms with Gasteiger partial charge in [0.1, 0.15) is 11.5 Å². The van der Waals surface area contributed by atoms with Crippen molar-refractivity contribution in [3.05, 3.63) is 24.3 Å². The Hall–Kier alpha value is -2.16. The highest BCUT2D eigenvalue weighted by atomic mass is 32.3. The molecular weight excluding hydrogens is 293 g/mol. The lowest BCUT2D eigenvalue weighted by Gasteiger charge is -2.22. The molecule has 1 heterocycles. The van der Waals surface area contributed by atoms with E-state index in [1.54, 1.807) is 0 Å². The Morgan fingerprint density at radius 1 is 1.25 bits per heavy atom. The lowest BCUT2D eigenvalue weighted by molar-refractivity contribution is -0.138. The van der Waals surface area contributed by atoms with Crippen molar-refractivity contribution in [2.45, 2.75) is 18.9 Å². The number of carbonyl (C=O) groups excluding carboxylic acids is 2. The third-order valence-electron chi connectivity index (χ3n) is 2.47. The highest BCUT2D eigenvalue weighted by Crippen LogP contribution is 2.23. The minimum Gasteiger partial charge on any atom is -0.480 e. The molecule has 9 heteroatoms. The van der Waals surface area contributed by atoms with Gasteiger partial charge < -0.3 is 8.92 Å². The fourth-order valence-electron chi connectivity index (χ4n) is 1.66. The molecule has 1 atom stereocenters. The molecule has 1 unspecified atom stereocenters. The van der Waals surface area contributed by atoms with E-state index >= 15 is 0 Å².